The van der Waals surface area contributed by atoms with Crippen LogP contribution in [-0.4, -0.2) is 42.0 Å². The number of anilines is 1. The molecule has 1 aromatic carbocycles. The molecule has 0 amide bonds. The van der Waals surface area contributed by atoms with Gasteiger partial charge in [-0.15, -0.1) is 0 Å². The molecule has 4 aromatic rings. The largest absolute Gasteiger partial charge is 0.481 e. The Balaban J connectivity index is 1.44. The molecule has 0 radical (unpaired) electrons. The quantitative estimate of drug-likeness (QED) is 0.325. The molecule has 2 bridgehead atoms. The highest BCUT2D eigenvalue weighted by Gasteiger charge is 2.47. The lowest BCUT2D eigenvalue weighted by Crippen LogP contribution is -2.51. The van der Waals surface area contributed by atoms with Crippen LogP contribution >= 0.6 is 0 Å². The van der Waals surface area contributed by atoms with Gasteiger partial charge in [0, 0.05) is 41.0 Å². The Kier molecular flexibility index (Phi) is 5.70. The number of carboxylic acids is 1. The van der Waals surface area contributed by atoms with Crippen LogP contribution in [0.3, 0.4) is 0 Å². The van der Waals surface area contributed by atoms with Crippen LogP contribution in [0.4, 0.5) is 5.82 Å². The number of aliphatic carboxylic acids is 1. The van der Waals surface area contributed by atoms with Crippen LogP contribution in [0.15, 0.2) is 49.1 Å². The smallest absolute Gasteiger partial charge is 0.308 e. The highest BCUT2D eigenvalue weighted by molar-refractivity contribution is 5.91. The molecule has 3 fully saturated rings. The number of H-pyrrole nitrogens is 1. The minimum Gasteiger partial charge on any atom is -0.481 e. The number of benzene rings is 1. The Bertz CT molecular complexity index is 1450. The first-order valence-corrected chi connectivity index (χ1v) is 13.0. The van der Waals surface area contributed by atoms with Crippen molar-refractivity contribution in [2.75, 3.05) is 5.32 Å². The first-order valence-electron chi connectivity index (χ1n) is 13.0. The monoisotopic (exact) mass is 496 g/mol. The Morgan fingerprint density at radius 3 is 2.49 bits per heavy atom. The molecule has 0 saturated heterocycles. The third kappa shape index (κ3) is 4.34. The first kappa shape index (κ1) is 23.6. The first-order chi connectivity index (χ1) is 17.8. The van der Waals surface area contributed by atoms with Crippen LogP contribution in [-0.2, 0) is 10.2 Å². The molecule has 3 aliphatic carbocycles. The number of rotatable bonds is 5. The average Bonchev–Trinajstić information content (AvgIpc) is 3.33. The van der Waals surface area contributed by atoms with Crippen LogP contribution in [0, 0.1) is 17.8 Å². The molecule has 3 aromatic heterocycles. The summed E-state index contributed by atoms with van der Waals surface area (Å²) in [5.74, 6) is 0.635. The fourth-order valence-corrected chi connectivity index (χ4v) is 6.16. The standard InChI is InChI=1S/C29H32N6O2/c1-29(2,3)19-10-8-16(9-11-19)22-12-23(34-25-18-6-4-17(5-7-18)24(25)28(36)37)35-27(33-22)21-14-31-26-20(21)13-30-15-32-26/h8-15,17-18,24-25H,4-7H2,1-3H3,(H,36,37)(H,30,31,32)(H,33,34,35). The van der Waals surface area contributed by atoms with Crippen LogP contribution in [0.5, 0.6) is 0 Å². The van der Waals surface area contributed by atoms with Gasteiger partial charge < -0.3 is 15.4 Å². The molecule has 2 unspecified atom stereocenters. The molecular weight excluding hydrogens is 464 g/mol. The highest BCUT2D eigenvalue weighted by atomic mass is 16.4. The summed E-state index contributed by atoms with van der Waals surface area (Å²) in [6.07, 6.45) is 9.23. The van der Waals surface area contributed by atoms with Gasteiger partial charge in [0.25, 0.3) is 0 Å². The van der Waals surface area contributed by atoms with Gasteiger partial charge in [0.15, 0.2) is 5.82 Å². The van der Waals surface area contributed by atoms with E-state index in [9.17, 15) is 9.90 Å². The lowest BCUT2D eigenvalue weighted by atomic mass is 9.61. The van der Waals surface area contributed by atoms with Gasteiger partial charge in [0.2, 0.25) is 0 Å². The minimum atomic E-state index is -0.715. The van der Waals surface area contributed by atoms with Crippen molar-refractivity contribution in [1.29, 1.82) is 0 Å². The van der Waals surface area contributed by atoms with Crippen molar-refractivity contribution >= 4 is 22.8 Å². The second kappa shape index (κ2) is 8.94. The van der Waals surface area contributed by atoms with Crippen LogP contribution < -0.4 is 5.32 Å². The van der Waals surface area contributed by atoms with Crippen molar-refractivity contribution in [2.24, 2.45) is 17.8 Å². The van der Waals surface area contributed by atoms with E-state index in [-0.39, 0.29) is 17.4 Å². The lowest BCUT2D eigenvalue weighted by Gasteiger charge is -2.47. The van der Waals surface area contributed by atoms with E-state index in [2.05, 4.69) is 65.3 Å². The number of aromatic amines is 1. The lowest BCUT2D eigenvalue weighted by molar-refractivity contribution is -0.148. The van der Waals surface area contributed by atoms with Gasteiger partial charge in [-0.2, -0.15) is 0 Å². The molecule has 190 valence electrons. The Morgan fingerprint density at radius 2 is 1.78 bits per heavy atom. The number of carboxylic acid groups (broad SMARTS) is 1. The van der Waals surface area contributed by atoms with E-state index >= 15 is 0 Å². The Hall–Kier alpha value is -3.81. The van der Waals surface area contributed by atoms with Crippen molar-refractivity contribution in [3.8, 4) is 22.6 Å². The van der Waals surface area contributed by atoms with Gasteiger partial charge in [-0.05, 0) is 48.5 Å². The molecule has 3 heterocycles. The SMILES string of the molecule is CC(C)(C)c1ccc(-c2cc(NC3C4CCC(CC4)C3C(=O)O)nc(-c3c[nH]c4ncncc34)n2)cc1. The summed E-state index contributed by atoms with van der Waals surface area (Å²) in [6.45, 7) is 6.59. The zero-order valence-corrected chi connectivity index (χ0v) is 21.4. The number of fused-ring (bicyclic) bond motifs is 4. The number of carbonyl (C=O) groups is 1. The summed E-state index contributed by atoms with van der Waals surface area (Å²) in [5.41, 5.74) is 4.60. The average molecular weight is 497 g/mol. The van der Waals surface area contributed by atoms with Gasteiger partial charge in [-0.3, -0.25) is 4.79 Å². The molecule has 2 atom stereocenters. The van der Waals surface area contributed by atoms with E-state index in [1.807, 2.05) is 12.3 Å². The third-order valence-electron chi connectivity index (χ3n) is 8.19. The van der Waals surface area contributed by atoms with E-state index in [0.29, 0.717) is 17.6 Å². The van der Waals surface area contributed by atoms with E-state index in [1.54, 1.807) is 6.20 Å². The van der Waals surface area contributed by atoms with Crippen LogP contribution in [0.2, 0.25) is 0 Å². The highest BCUT2D eigenvalue weighted by Crippen LogP contribution is 2.46. The normalized spacial score (nSPS) is 23.3. The number of hydrogen-bond donors (Lipinski definition) is 3. The summed E-state index contributed by atoms with van der Waals surface area (Å²) in [4.78, 5) is 33.8. The van der Waals surface area contributed by atoms with E-state index in [0.717, 1.165) is 53.5 Å². The maximum atomic E-state index is 12.3. The van der Waals surface area contributed by atoms with Crippen LogP contribution in [0.25, 0.3) is 33.7 Å². The summed E-state index contributed by atoms with van der Waals surface area (Å²) < 4.78 is 0. The minimum absolute atomic E-state index is 0.0538. The molecule has 3 saturated carbocycles. The third-order valence-corrected chi connectivity index (χ3v) is 8.19. The number of nitrogens with zero attached hydrogens (tertiary/aromatic N) is 4. The number of hydrogen-bond acceptors (Lipinski definition) is 6. The Labute approximate surface area is 216 Å². The number of nitrogens with one attached hydrogen (secondary N) is 2. The van der Waals surface area contributed by atoms with Crippen molar-refractivity contribution in [1.82, 2.24) is 24.9 Å². The predicted octanol–water partition coefficient (Wildman–Crippen LogP) is 5.68. The second-order valence-corrected chi connectivity index (χ2v) is 11.5. The molecule has 0 aliphatic heterocycles. The maximum absolute atomic E-state index is 12.3. The molecule has 8 nitrogen and oxygen atoms in total. The van der Waals surface area contributed by atoms with Crippen molar-refractivity contribution in [3.63, 3.8) is 0 Å². The van der Waals surface area contributed by atoms with E-state index in [4.69, 9.17) is 9.97 Å². The fourth-order valence-electron chi connectivity index (χ4n) is 6.16. The summed E-state index contributed by atoms with van der Waals surface area (Å²) >= 11 is 0. The molecule has 3 N–H and O–H groups in total. The topological polar surface area (TPSA) is 117 Å². The fraction of sp³-hybridized carbons (Fsp3) is 0.414. The summed E-state index contributed by atoms with van der Waals surface area (Å²) in [5, 5.41) is 14.5. The van der Waals surface area contributed by atoms with E-state index < -0.39 is 11.9 Å². The number of aromatic nitrogens is 5. The van der Waals surface area contributed by atoms with Crippen LogP contribution in [0.1, 0.15) is 52.0 Å². The summed E-state index contributed by atoms with van der Waals surface area (Å²) in [7, 11) is 0. The van der Waals surface area contributed by atoms with Gasteiger partial charge >= 0.3 is 5.97 Å². The predicted molar refractivity (Wildman–Crippen MR) is 143 cm³/mol. The molecule has 7 rings (SSSR count). The van der Waals surface area contributed by atoms with Crippen molar-refractivity contribution < 1.29 is 9.90 Å². The zero-order chi connectivity index (χ0) is 25.7. The van der Waals surface area contributed by atoms with Gasteiger partial charge in [0.05, 0.1) is 11.6 Å². The molecular formula is C29H32N6O2. The molecule has 37 heavy (non-hydrogen) atoms. The van der Waals surface area contributed by atoms with Crippen molar-refractivity contribution in [3.05, 3.63) is 54.6 Å². The van der Waals surface area contributed by atoms with Gasteiger partial charge in [-0.1, -0.05) is 45.0 Å². The maximum Gasteiger partial charge on any atom is 0.308 e. The summed E-state index contributed by atoms with van der Waals surface area (Å²) in [6, 6.07) is 10.3. The van der Waals surface area contributed by atoms with Gasteiger partial charge in [-0.25, -0.2) is 19.9 Å². The van der Waals surface area contributed by atoms with Gasteiger partial charge in [0.1, 0.15) is 17.8 Å². The molecule has 3 aliphatic rings. The Morgan fingerprint density at radius 1 is 1.05 bits per heavy atom. The molecule has 0 spiro atoms. The molecule has 8 heteroatoms. The van der Waals surface area contributed by atoms with Crippen molar-refractivity contribution in [2.45, 2.75) is 57.9 Å². The second-order valence-electron chi connectivity index (χ2n) is 11.5. The zero-order valence-electron chi connectivity index (χ0n) is 21.4. The van der Waals surface area contributed by atoms with E-state index in [1.165, 1.54) is 11.9 Å².